The smallest absolute Gasteiger partial charge is 0.331 e. The summed E-state index contributed by atoms with van der Waals surface area (Å²) < 4.78 is 12.0. The van der Waals surface area contributed by atoms with Gasteiger partial charge in [0.05, 0.1) is 10.7 Å². The predicted octanol–water partition coefficient (Wildman–Crippen LogP) is 3.50. The number of benzene rings is 1. The van der Waals surface area contributed by atoms with Gasteiger partial charge in [0.25, 0.3) is 5.89 Å². The number of hydrogen-bond donors (Lipinski definition) is 0. The van der Waals surface area contributed by atoms with Crippen LogP contribution in [0.3, 0.4) is 0 Å². The first-order valence-electron chi connectivity index (χ1n) is 7.88. The molecule has 134 valence electrons. The lowest BCUT2D eigenvalue weighted by molar-refractivity contribution is -0.139. The highest BCUT2D eigenvalue weighted by atomic mass is 35.5. The fraction of sp³-hybridized carbons (Fsp3) is 0.222. The van der Waals surface area contributed by atoms with E-state index in [1.165, 1.54) is 6.08 Å². The first-order chi connectivity index (χ1) is 12.5. The summed E-state index contributed by atoms with van der Waals surface area (Å²) in [5.74, 6) is 0.0272. The molecule has 0 fully saturated rings. The Kier molecular flexibility index (Phi) is 5.18. The molecule has 0 aliphatic heterocycles. The third-order valence-electron chi connectivity index (χ3n) is 3.87. The number of aromatic nitrogens is 4. The lowest BCUT2D eigenvalue weighted by Crippen LogP contribution is -2.01. The van der Waals surface area contributed by atoms with Crippen LogP contribution in [-0.4, -0.2) is 25.9 Å². The molecular weight excluding hydrogens is 356 g/mol. The number of halogens is 1. The number of ether oxygens (including phenoxy) is 1. The third-order valence-corrected chi connectivity index (χ3v) is 4.20. The Morgan fingerprint density at radius 3 is 2.81 bits per heavy atom. The molecule has 0 N–H and O–H groups in total. The molecule has 2 heterocycles. The van der Waals surface area contributed by atoms with Crippen molar-refractivity contribution in [2.75, 3.05) is 0 Å². The number of nitrogens with zero attached hydrogens (tertiary/aromatic N) is 4. The van der Waals surface area contributed by atoms with Crippen LogP contribution in [0.2, 0.25) is 5.02 Å². The molecule has 0 atom stereocenters. The van der Waals surface area contributed by atoms with Gasteiger partial charge in [-0.15, -0.1) is 0 Å². The van der Waals surface area contributed by atoms with Gasteiger partial charge in [-0.1, -0.05) is 28.9 Å². The Bertz CT molecular complexity index is 975. The average Bonchev–Trinajstić information content (AvgIpc) is 3.17. The van der Waals surface area contributed by atoms with Gasteiger partial charge in [0.15, 0.2) is 6.61 Å². The molecule has 2 aromatic heterocycles. The van der Waals surface area contributed by atoms with Gasteiger partial charge in [-0.3, -0.25) is 4.68 Å². The molecule has 0 radical (unpaired) electrons. The summed E-state index contributed by atoms with van der Waals surface area (Å²) in [6.07, 6.45) is 3.03. The van der Waals surface area contributed by atoms with E-state index in [-0.39, 0.29) is 12.5 Å². The van der Waals surface area contributed by atoms with Crippen LogP contribution in [0.25, 0.3) is 17.5 Å². The first kappa shape index (κ1) is 17.9. The van der Waals surface area contributed by atoms with Gasteiger partial charge in [-0.25, -0.2) is 4.79 Å². The molecule has 1 aromatic carbocycles. The maximum atomic E-state index is 11.9. The van der Waals surface area contributed by atoms with Gasteiger partial charge in [0.1, 0.15) is 0 Å². The van der Waals surface area contributed by atoms with Crippen LogP contribution in [0, 0.1) is 13.8 Å². The average molecular weight is 373 g/mol. The number of hydrogen-bond acceptors (Lipinski definition) is 6. The molecule has 3 aromatic rings. The summed E-state index contributed by atoms with van der Waals surface area (Å²) >= 11 is 6.10. The number of aryl methyl sites for hydroxylation is 2. The Labute approximate surface area is 155 Å². The van der Waals surface area contributed by atoms with Crippen LogP contribution < -0.4 is 0 Å². The van der Waals surface area contributed by atoms with Crippen molar-refractivity contribution in [2.45, 2.75) is 20.5 Å². The van der Waals surface area contributed by atoms with Crippen molar-refractivity contribution in [3.63, 3.8) is 0 Å². The zero-order chi connectivity index (χ0) is 18.7. The van der Waals surface area contributed by atoms with Crippen LogP contribution in [0.5, 0.6) is 0 Å². The molecule has 0 saturated carbocycles. The maximum absolute atomic E-state index is 11.9. The van der Waals surface area contributed by atoms with Gasteiger partial charge in [-0.2, -0.15) is 10.1 Å². The molecule has 0 amide bonds. The highest BCUT2D eigenvalue weighted by Gasteiger charge is 2.13. The quantitative estimate of drug-likeness (QED) is 0.503. The highest BCUT2D eigenvalue weighted by Crippen LogP contribution is 2.24. The van der Waals surface area contributed by atoms with Crippen molar-refractivity contribution < 1.29 is 14.1 Å². The molecule has 0 saturated heterocycles. The van der Waals surface area contributed by atoms with E-state index in [9.17, 15) is 4.79 Å². The molecule has 0 spiro atoms. The van der Waals surface area contributed by atoms with Crippen LogP contribution in [-0.2, 0) is 23.2 Å². The summed E-state index contributed by atoms with van der Waals surface area (Å²) in [5.41, 5.74) is 3.35. The van der Waals surface area contributed by atoms with E-state index in [1.807, 2.05) is 33.0 Å². The van der Waals surface area contributed by atoms with Crippen molar-refractivity contribution in [3.05, 3.63) is 58.2 Å². The molecule has 8 heteroatoms. The Morgan fingerprint density at radius 1 is 1.35 bits per heavy atom. The molecule has 7 nitrogen and oxygen atoms in total. The van der Waals surface area contributed by atoms with Crippen molar-refractivity contribution in [3.8, 4) is 11.4 Å². The minimum Gasteiger partial charge on any atom is -0.452 e. The lowest BCUT2D eigenvalue weighted by Gasteiger charge is -1.98. The zero-order valence-corrected chi connectivity index (χ0v) is 15.3. The molecule has 0 aliphatic carbocycles. The van der Waals surface area contributed by atoms with E-state index in [1.54, 1.807) is 22.9 Å². The van der Waals surface area contributed by atoms with Crippen LogP contribution in [0.4, 0.5) is 0 Å². The van der Waals surface area contributed by atoms with Gasteiger partial charge < -0.3 is 9.26 Å². The van der Waals surface area contributed by atoms with Crippen molar-refractivity contribution >= 4 is 23.6 Å². The van der Waals surface area contributed by atoms with E-state index in [0.29, 0.717) is 16.4 Å². The number of esters is 1. The van der Waals surface area contributed by atoms with Crippen molar-refractivity contribution in [1.29, 1.82) is 0 Å². The fourth-order valence-corrected chi connectivity index (χ4v) is 2.65. The molecule has 0 bridgehead atoms. The lowest BCUT2D eigenvalue weighted by atomic mass is 10.2. The predicted molar refractivity (Wildman–Crippen MR) is 96.3 cm³/mol. The molecule has 26 heavy (non-hydrogen) atoms. The Balaban J connectivity index is 1.62. The van der Waals surface area contributed by atoms with Crippen molar-refractivity contribution in [2.24, 2.45) is 7.05 Å². The summed E-state index contributed by atoms with van der Waals surface area (Å²) in [4.78, 5) is 16.1. The first-order valence-corrected chi connectivity index (χ1v) is 8.26. The minimum absolute atomic E-state index is 0.119. The fourth-order valence-electron chi connectivity index (χ4n) is 2.43. The third kappa shape index (κ3) is 3.83. The summed E-state index contributed by atoms with van der Waals surface area (Å²) in [6.45, 7) is 3.69. The normalized spacial score (nSPS) is 11.2. The van der Waals surface area contributed by atoms with E-state index < -0.39 is 5.97 Å². The zero-order valence-electron chi connectivity index (χ0n) is 14.6. The SMILES string of the molecule is Cc1nn(C)c(C)c1/C=C/C(=O)OCc1nc(-c2ccccc2Cl)no1. The topological polar surface area (TPSA) is 83.0 Å². The summed E-state index contributed by atoms with van der Waals surface area (Å²) in [5, 5.41) is 8.66. The monoisotopic (exact) mass is 372 g/mol. The second-order valence-corrected chi connectivity index (χ2v) is 6.05. The van der Waals surface area contributed by atoms with Gasteiger partial charge in [0.2, 0.25) is 5.82 Å². The second-order valence-electron chi connectivity index (χ2n) is 5.64. The van der Waals surface area contributed by atoms with Gasteiger partial charge in [-0.05, 0) is 32.1 Å². The van der Waals surface area contributed by atoms with Gasteiger partial charge >= 0.3 is 5.97 Å². The van der Waals surface area contributed by atoms with Crippen LogP contribution in [0.15, 0.2) is 34.9 Å². The molecule has 0 aliphatic rings. The van der Waals surface area contributed by atoms with Crippen molar-refractivity contribution in [1.82, 2.24) is 19.9 Å². The summed E-state index contributed by atoms with van der Waals surface area (Å²) in [7, 11) is 1.85. The van der Waals surface area contributed by atoms with Crippen LogP contribution >= 0.6 is 11.6 Å². The largest absolute Gasteiger partial charge is 0.452 e. The van der Waals surface area contributed by atoms with E-state index in [2.05, 4.69) is 15.2 Å². The highest BCUT2D eigenvalue weighted by molar-refractivity contribution is 6.33. The molecule has 3 rings (SSSR count). The number of rotatable bonds is 5. The van der Waals surface area contributed by atoms with Gasteiger partial charge in [0, 0.05) is 29.9 Å². The minimum atomic E-state index is -0.509. The van der Waals surface area contributed by atoms with Crippen LogP contribution in [0.1, 0.15) is 22.8 Å². The summed E-state index contributed by atoms with van der Waals surface area (Å²) in [6, 6.07) is 7.15. The molecular formula is C18H17ClN4O3. The second kappa shape index (κ2) is 7.53. The molecule has 0 unspecified atom stereocenters. The number of carbonyl (C=O) groups is 1. The Hall–Kier alpha value is -2.93. The van der Waals surface area contributed by atoms with E-state index in [4.69, 9.17) is 20.9 Å². The standard InChI is InChI=1S/C18H17ClN4O3/c1-11-13(12(2)23(3)21-11)8-9-17(24)25-10-16-20-18(22-26-16)14-6-4-5-7-15(14)19/h4-9H,10H2,1-3H3/b9-8+. The van der Waals surface area contributed by atoms with E-state index >= 15 is 0 Å². The maximum Gasteiger partial charge on any atom is 0.331 e. The number of carbonyl (C=O) groups excluding carboxylic acids is 1. The van der Waals surface area contributed by atoms with E-state index in [0.717, 1.165) is 17.0 Å². The Morgan fingerprint density at radius 2 is 2.12 bits per heavy atom.